The summed E-state index contributed by atoms with van der Waals surface area (Å²) in [6.45, 7) is 2.03. The van der Waals surface area contributed by atoms with Crippen LogP contribution < -0.4 is 51.4 Å². The van der Waals surface area contributed by atoms with Gasteiger partial charge < -0.3 is 4.55 Å². The number of fused-ring (bicyclic) bond motifs is 1. The second-order valence-electron chi connectivity index (χ2n) is 5.72. The molecule has 0 aromatic heterocycles. The molecule has 1 amide bonds. The number of carbonyl (C=O) groups is 1. The predicted octanol–water partition coefficient (Wildman–Crippen LogP) is -0.511. The Kier molecular flexibility index (Phi) is 7.62. The first-order valence-electron chi connectivity index (χ1n) is 7.65. The molecule has 1 aliphatic heterocycles. The van der Waals surface area contributed by atoms with Crippen molar-refractivity contribution >= 4 is 33.7 Å². The number of aryl methyl sites for hydroxylation is 1. The maximum atomic E-state index is 13.0. The molecule has 1 heterocycles. The zero-order chi connectivity index (χ0) is 18.9. The third-order valence-electron chi connectivity index (χ3n) is 4.00. The zero-order valence-corrected chi connectivity index (χ0v) is 19.4. The topological polar surface area (TPSA) is 99.1 Å². The standard InChI is InChI=1S/C17H15ClN2O5S.K/c1-11-4-2-3-5-14(11)17(21)20-9-8-12-10-13(18)6-7-15(12)16(20)19-25-26(22,23)24;/h2-7,10H,8-9H2,1H3,(H,22,23,24);/q;+1/p-1/b19-16-;. The van der Waals surface area contributed by atoms with Crippen molar-refractivity contribution in [2.75, 3.05) is 6.54 Å². The van der Waals surface area contributed by atoms with Crippen molar-refractivity contribution in [3.8, 4) is 0 Å². The third kappa shape index (κ3) is 5.39. The first-order chi connectivity index (χ1) is 12.3. The summed E-state index contributed by atoms with van der Waals surface area (Å²) in [5, 5.41) is 3.96. The van der Waals surface area contributed by atoms with Gasteiger partial charge in [0.1, 0.15) is 0 Å². The van der Waals surface area contributed by atoms with Crippen LogP contribution in [0.15, 0.2) is 47.6 Å². The minimum Gasteiger partial charge on any atom is -0.714 e. The van der Waals surface area contributed by atoms with Crippen molar-refractivity contribution in [1.29, 1.82) is 0 Å². The SMILES string of the molecule is Cc1ccccc1C(=O)N1CCc2cc(Cl)ccc2/C1=N/OS(=O)(=O)[O-].[K+]. The van der Waals surface area contributed by atoms with Crippen molar-refractivity contribution in [2.24, 2.45) is 5.16 Å². The molecular weight excluding hydrogens is 419 g/mol. The maximum Gasteiger partial charge on any atom is 1.00 e. The smallest absolute Gasteiger partial charge is 0.714 e. The quantitative estimate of drug-likeness (QED) is 0.281. The van der Waals surface area contributed by atoms with E-state index in [0.717, 1.165) is 11.1 Å². The second-order valence-corrected chi connectivity index (χ2v) is 7.12. The number of hydrogen-bond donors (Lipinski definition) is 0. The summed E-state index contributed by atoms with van der Waals surface area (Å²) < 4.78 is 36.6. The first-order valence-corrected chi connectivity index (χ1v) is 9.36. The predicted molar refractivity (Wildman–Crippen MR) is 94.7 cm³/mol. The maximum absolute atomic E-state index is 13.0. The number of hydrogen-bond acceptors (Lipinski definition) is 6. The van der Waals surface area contributed by atoms with Gasteiger partial charge in [0.05, 0.1) is 0 Å². The molecule has 0 fully saturated rings. The summed E-state index contributed by atoms with van der Waals surface area (Å²) >= 11 is 5.99. The van der Waals surface area contributed by atoms with Gasteiger partial charge in [0.15, 0.2) is 5.84 Å². The van der Waals surface area contributed by atoms with Gasteiger partial charge in [-0.05, 0) is 53.9 Å². The van der Waals surface area contributed by atoms with Crippen LogP contribution in [-0.4, -0.2) is 36.2 Å². The molecule has 3 rings (SSSR count). The normalized spacial score (nSPS) is 15.1. The van der Waals surface area contributed by atoms with Gasteiger partial charge in [0, 0.05) is 22.7 Å². The van der Waals surface area contributed by atoms with E-state index in [1.807, 2.05) is 6.07 Å². The Balaban J connectivity index is 0.00000261. The minimum atomic E-state index is -5.06. The van der Waals surface area contributed by atoms with Gasteiger partial charge in [0.25, 0.3) is 16.3 Å². The van der Waals surface area contributed by atoms with E-state index in [2.05, 4.69) is 9.44 Å². The Hall–Kier alpha value is -0.784. The number of oxime groups is 1. The number of carbonyl (C=O) groups excluding carboxylic acids is 1. The molecule has 27 heavy (non-hydrogen) atoms. The van der Waals surface area contributed by atoms with Crippen LogP contribution in [0.1, 0.15) is 27.0 Å². The van der Waals surface area contributed by atoms with E-state index >= 15 is 0 Å². The van der Waals surface area contributed by atoms with Gasteiger partial charge in [-0.2, -0.15) is 8.42 Å². The summed E-state index contributed by atoms with van der Waals surface area (Å²) in [6, 6.07) is 11.9. The molecule has 136 valence electrons. The molecule has 2 aromatic carbocycles. The Labute approximate surface area is 204 Å². The van der Waals surface area contributed by atoms with Crippen LogP contribution in [0.4, 0.5) is 0 Å². The molecule has 7 nitrogen and oxygen atoms in total. The van der Waals surface area contributed by atoms with Crippen LogP contribution in [0.2, 0.25) is 5.02 Å². The van der Waals surface area contributed by atoms with Gasteiger partial charge >= 0.3 is 51.4 Å². The number of benzene rings is 2. The van der Waals surface area contributed by atoms with Crippen molar-refractivity contribution in [1.82, 2.24) is 4.90 Å². The molecule has 0 atom stereocenters. The Morgan fingerprint density at radius 2 is 1.96 bits per heavy atom. The van der Waals surface area contributed by atoms with E-state index in [4.69, 9.17) is 11.6 Å². The van der Waals surface area contributed by atoms with Crippen LogP contribution in [0.5, 0.6) is 0 Å². The monoisotopic (exact) mass is 432 g/mol. The molecule has 0 saturated carbocycles. The number of amides is 1. The van der Waals surface area contributed by atoms with Crippen LogP contribution in [-0.2, 0) is 21.1 Å². The van der Waals surface area contributed by atoms with Crippen molar-refractivity contribution in [3.63, 3.8) is 0 Å². The molecule has 0 spiro atoms. The molecule has 0 bridgehead atoms. The summed E-state index contributed by atoms with van der Waals surface area (Å²) in [5.74, 6) is -0.412. The van der Waals surface area contributed by atoms with Gasteiger partial charge in [-0.3, -0.25) is 14.0 Å². The van der Waals surface area contributed by atoms with Gasteiger partial charge in [-0.1, -0.05) is 29.8 Å². The minimum absolute atomic E-state index is 0. The van der Waals surface area contributed by atoms with E-state index in [1.165, 1.54) is 4.90 Å². The van der Waals surface area contributed by atoms with Crippen LogP contribution >= 0.6 is 11.6 Å². The van der Waals surface area contributed by atoms with E-state index in [1.54, 1.807) is 43.3 Å². The molecular formula is C17H14ClKN2O5S. The average molecular weight is 433 g/mol. The van der Waals surface area contributed by atoms with Crippen molar-refractivity contribution in [2.45, 2.75) is 13.3 Å². The summed E-state index contributed by atoms with van der Waals surface area (Å²) in [4.78, 5) is 14.3. The fourth-order valence-corrected chi connectivity index (χ4v) is 3.16. The molecule has 2 aromatic rings. The van der Waals surface area contributed by atoms with Crippen molar-refractivity contribution < 1.29 is 73.4 Å². The fraction of sp³-hybridized carbons (Fsp3) is 0.176. The molecule has 0 aliphatic carbocycles. The number of halogens is 1. The summed E-state index contributed by atoms with van der Waals surface area (Å²) in [6.07, 6.45) is 0.497. The Morgan fingerprint density at radius 3 is 2.63 bits per heavy atom. The van der Waals surface area contributed by atoms with E-state index in [9.17, 15) is 17.8 Å². The van der Waals surface area contributed by atoms with Crippen LogP contribution in [0.3, 0.4) is 0 Å². The third-order valence-corrected chi connectivity index (χ3v) is 4.50. The fourth-order valence-electron chi connectivity index (χ4n) is 2.81. The van der Waals surface area contributed by atoms with Gasteiger partial charge in [-0.15, -0.1) is 0 Å². The largest absolute Gasteiger partial charge is 1.00 e. The molecule has 0 radical (unpaired) electrons. The Morgan fingerprint density at radius 1 is 1.26 bits per heavy atom. The zero-order valence-electron chi connectivity index (χ0n) is 14.7. The van der Waals surface area contributed by atoms with E-state index < -0.39 is 10.4 Å². The second kappa shape index (κ2) is 9.14. The molecule has 10 heteroatoms. The summed E-state index contributed by atoms with van der Waals surface area (Å²) in [5.41, 5.74) is 2.46. The molecule has 0 saturated heterocycles. The molecule has 1 aliphatic rings. The van der Waals surface area contributed by atoms with Crippen molar-refractivity contribution in [3.05, 3.63) is 69.7 Å². The van der Waals surface area contributed by atoms with Gasteiger partial charge in [-0.25, -0.2) is 0 Å². The number of amidine groups is 1. The number of rotatable bonds is 3. The van der Waals surface area contributed by atoms with Crippen LogP contribution in [0.25, 0.3) is 0 Å². The van der Waals surface area contributed by atoms with E-state index in [-0.39, 0.29) is 69.7 Å². The Bertz CT molecular complexity index is 1010. The molecule has 0 unspecified atom stereocenters. The average Bonchev–Trinajstić information content (AvgIpc) is 2.58. The van der Waals surface area contributed by atoms with Gasteiger partial charge in [0.2, 0.25) is 0 Å². The summed E-state index contributed by atoms with van der Waals surface area (Å²) in [7, 11) is -5.06. The first kappa shape index (κ1) is 22.5. The number of nitrogens with zero attached hydrogens (tertiary/aromatic N) is 2. The van der Waals surface area contributed by atoms with E-state index in [0.29, 0.717) is 22.6 Å². The molecule has 0 N–H and O–H groups in total. The van der Waals surface area contributed by atoms with Crippen LogP contribution in [0, 0.1) is 6.92 Å².